The van der Waals surface area contributed by atoms with Gasteiger partial charge in [-0.3, -0.25) is 0 Å². The monoisotopic (exact) mass is 259 g/mol. The summed E-state index contributed by atoms with van der Waals surface area (Å²) in [6.07, 6.45) is 0. The summed E-state index contributed by atoms with van der Waals surface area (Å²) in [4.78, 5) is 7.57. The number of nitrogens with one attached hydrogen (secondary N) is 1. The number of hydrogen-bond donors (Lipinski definition) is 3. The topological polar surface area (TPSA) is 74.9 Å². The number of fused-ring (bicyclic) bond motifs is 1. The highest BCUT2D eigenvalue weighted by Crippen LogP contribution is 2.29. The van der Waals surface area contributed by atoms with Crippen LogP contribution >= 0.6 is 11.6 Å². The van der Waals surface area contributed by atoms with Crippen molar-refractivity contribution >= 4 is 28.3 Å². The fourth-order valence-electron chi connectivity index (χ4n) is 1.82. The van der Waals surface area contributed by atoms with E-state index < -0.39 is 0 Å². The molecule has 0 bridgehead atoms. The average molecular weight is 260 g/mol. The number of hydrogen-bond acceptors (Lipinski definition) is 3. The fraction of sp³-hybridized carbons (Fsp3) is 0. The Morgan fingerprint density at radius 3 is 2.78 bits per heavy atom. The van der Waals surface area contributed by atoms with Gasteiger partial charge in [0.05, 0.1) is 16.2 Å². The third-order valence-corrected chi connectivity index (χ3v) is 3.07. The fourth-order valence-corrected chi connectivity index (χ4v) is 2.04. The minimum atomic E-state index is 0.0408. The molecule has 0 radical (unpaired) electrons. The molecule has 0 amide bonds. The third-order valence-electron chi connectivity index (χ3n) is 2.77. The summed E-state index contributed by atoms with van der Waals surface area (Å²) in [6.45, 7) is 0. The SMILES string of the molecule is Nc1ccc(-c2nc3c(Cl)cccc3[nH]2)cc1O. The van der Waals surface area contributed by atoms with E-state index in [9.17, 15) is 5.11 Å². The lowest BCUT2D eigenvalue weighted by Gasteiger charge is -2.00. The van der Waals surface area contributed by atoms with Crippen molar-refractivity contribution in [2.75, 3.05) is 5.73 Å². The molecule has 0 aliphatic rings. The Kier molecular flexibility index (Phi) is 2.38. The van der Waals surface area contributed by atoms with Crippen LogP contribution in [0.25, 0.3) is 22.4 Å². The van der Waals surface area contributed by atoms with Crippen molar-refractivity contribution in [3.05, 3.63) is 41.4 Å². The lowest BCUT2D eigenvalue weighted by Crippen LogP contribution is -1.86. The largest absolute Gasteiger partial charge is 0.506 e. The van der Waals surface area contributed by atoms with E-state index in [4.69, 9.17) is 17.3 Å². The number of H-pyrrole nitrogens is 1. The van der Waals surface area contributed by atoms with Gasteiger partial charge in [-0.1, -0.05) is 17.7 Å². The van der Waals surface area contributed by atoms with Gasteiger partial charge in [0.15, 0.2) is 0 Å². The van der Waals surface area contributed by atoms with Gasteiger partial charge >= 0.3 is 0 Å². The van der Waals surface area contributed by atoms with Crippen LogP contribution in [0.5, 0.6) is 5.75 Å². The maximum Gasteiger partial charge on any atom is 0.139 e. The van der Waals surface area contributed by atoms with E-state index in [1.807, 2.05) is 12.1 Å². The van der Waals surface area contributed by atoms with E-state index in [2.05, 4.69) is 9.97 Å². The number of anilines is 1. The number of imidazole rings is 1. The Labute approximate surface area is 108 Å². The van der Waals surface area contributed by atoms with Gasteiger partial charge in [0.1, 0.15) is 17.1 Å². The predicted octanol–water partition coefficient (Wildman–Crippen LogP) is 3.17. The van der Waals surface area contributed by atoms with Gasteiger partial charge in [-0.15, -0.1) is 0 Å². The van der Waals surface area contributed by atoms with E-state index in [1.165, 1.54) is 0 Å². The second-order valence-corrected chi connectivity index (χ2v) is 4.40. The van der Waals surface area contributed by atoms with Crippen LogP contribution in [0.1, 0.15) is 0 Å². The number of phenolic OH excluding ortho intramolecular Hbond substituents is 1. The van der Waals surface area contributed by atoms with Crippen molar-refractivity contribution in [3.63, 3.8) is 0 Å². The summed E-state index contributed by atoms with van der Waals surface area (Å²) >= 11 is 6.06. The first-order valence-corrected chi connectivity index (χ1v) is 5.76. The maximum atomic E-state index is 9.60. The van der Waals surface area contributed by atoms with Crippen molar-refractivity contribution < 1.29 is 5.11 Å². The zero-order chi connectivity index (χ0) is 12.7. The molecule has 18 heavy (non-hydrogen) atoms. The number of nitrogens with zero attached hydrogens (tertiary/aromatic N) is 1. The third kappa shape index (κ3) is 1.67. The number of rotatable bonds is 1. The maximum absolute atomic E-state index is 9.60. The van der Waals surface area contributed by atoms with E-state index in [0.29, 0.717) is 22.1 Å². The number of halogens is 1. The first-order chi connectivity index (χ1) is 8.65. The second-order valence-electron chi connectivity index (χ2n) is 4.00. The van der Waals surface area contributed by atoms with Gasteiger partial charge < -0.3 is 15.8 Å². The van der Waals surface area contributed by atoms with Crippen molar-refractivity contribution in [1.29, 1.82) is 0 Å². The Morgan fingerprint density at radius 1 is 1.22 bits per heavy atom. The number of nitrogen functional groups attached to an aromatic ring is 1. The van der Waals surface area contributed by atoms with Crippen LogP contribution in [0.15, 0.2) is 36.4 Å². The molecule has 90 valence electrons. The van der Waals surface area contributed by atoms with Gasteiger partial charge in [-0.2, -0.15) is 0 Å². The summed E-state index contributed by atoms with van der Waals surface area (Å²) in [5, 5.41) is 10.2. The summed E-state index contributed by atoms with van der Waals surface area (Å²) in [7, 11) is 0. The molecule has 2 aromatic carbocycles. The molecule has 0 atom stereocenters. The quantitative estimate of drug-likeness (QED) is 0.464. The first kappa shape index (κ1) is 10.9. The number of nitrogens with two attached hydrogens (primary N) is 1. The number of phenols is 1. The molecular weight excluding hydrogens is 250 g/mol. The smallest absolute Gasteiger partial charge is 0.139 e. The van der Waals surface area contributed by atoms with Gasteiger partial charge in [-0.05, 0) is 30.3 Å². The Bertz CT molecular complexity index is 736. The van der Waals surface area contributed by atoms with Crippen molar-refractivity contribution in [3.8, 4) is 17.1 Å². The average Bonchev–Trinajstić information content (AvgIpc) is 2.78. The lowest BCUT2D eigenvalue weighted by atomic mass is 10.2. The summed E-state index contributed by atoms with van der Waals surface area (Å²) < 4.78 is 0. The van der Waals surface area contributed by atoms with Crippen LogP contribution in [-0.4, -0.2) is 15.1 Å². The molecule has 5 heteroatoms. The molecule has 3 rings (SSSR count). The molecule has 3 aromatic rings. The van der Waals surface area contributed by atoms with Gasteiger partial charge in [0.2, 0.25) is 0 Å². The molecule has 0 saturated heterocycles. The zero-order valence-corrected chi connectivity index (χ0v) is 10.1. The van der Waals surface area contributed by atoms with Crippen LogP contribution in [0.4, 0.5) is 5.69 Å². The van der Waals surface area contributed by atoms with Crippen LogP contribution < -0.4 is 5.73 Å². The lowest BCUT2D eigenvalue weighted by molar-refractivity contribution is 0.478. The molecular formula is C13H10ClN3O. The molecule has 0 spiro atoms. The zero-order valence-electron chi connectivity index (χ0n) is 9.31. The van der Waals surface area contributed by atoms with E-state index in [1.54, 1.807) is 24.3 Å². The van der Waals surface area contributed by atoms with Crippen LogP contribution in [-0.2, 0) is 0 Å². The number of aromatic hydroxyl groups is 1. The van der Waals surface area contributed by atoms with Crippen molar-refractivity contribution in [2.24, 2.45) is 0 Å². The van der Waals surface area contributed by atoms with Gasteiger partial charge in [-0.25, -0.2) is 4.98 Å². The van der Waals surface area contributed by atoms with E-state index in [-0.39, 0.29) is 5.75 Å². The number of aromatic amines is 1. The van der Waals surface area contributed by atoms with Crippen LogP contribution in [0.3, 0.4) is 0 Å². The highest BCUT2D eigenvalue weighted by Gasteiger charge is 2.09. The Hall–Kier alpha value is -2.20. The van der Waals surface area contributed by atoms with Gasteiger partial charge in [0, 0.05) is 5.56 Å². The van der Waals surface area contributed by atoms with Crippen molar-refractivity contribution in [1.82, 2.24) is 9.97 Å². The summed E-state index contributed by atoms with van der Waals surface area (Å²) in [5.41, 5.74) is 8.23. The molecule has 0 unspecified atom stereocenters. The molecule has 0 aliphatic carbocycles. The minimum Gasteiger partial charge on any atom is -0.506 e. The van der Waals surface area contributed by atoms with E-state index >= 15 is 0 Å². The highest BCUT2D eigenvalue weighted by molar-refractivity contribution is 6.35. The van der Waals surface area contributed by atoms with E-state index in [0.717, 1.165) is 11.1 Å². The first-order valence-electron chi connectivity index (χ1n) is 5.38. The molecule has 0 saturated carbocycles. The van der Waals surface area contributed by atoms with Crippen LogP contribution in [0.2, 0.25) is 5.02 Å². The summed E-state index contributed by atoms with van der Waals surface area (Å²) in [6, 6.07) is 10.5. The Morgan fingerprint density at radius 2 is 2.06 bits per heavy atom. The molecule has 1 aromatic heterocycles. The molecule has 1 heterocycles. The molecule has 4 nitrogen and oxygen atoms in total. The predicted molar refractivity (Wildman–Crippen MR) is 72.6 cm³/mol. The molecule has 4 N–H and O–H groups in total. The Balaban J connectivity index is 2.19. The number of para-hydroxylation sites is 1. The van der Waals surface area contributed by atoms with Crippen molar-refractivity contribution in [2.45, 2.75) is 0 Å². The van der Waals surface area contributed by atoms with Crippen LogP contribution in [0, 0.1) is 0 Å². The van der Waals surface area contributed by atoms with Gasteiger partial charge in [0.25, 0.3) is 0 Å². The normalized spacial score (nSPS) is 10.9. The standard InChI is InChI=1S/C13H10ClN3O/c14-8-2-1-3-10-12(8)17-13(16-10)7-4-5-9(15)11(18)6-7/h1-6,18H,15H2,(H,16,17). The number of benzene rings is 2. The summed E-state index contributed by atoms with van der Waals surface area (Å²) in [5.74, 6) is 0.687. The molecule has 0 fully saturated rings. The highest BCUT2D eigenvalue weighted by atomic mass is 35.5. The number of aromatic nitrogens is 2. The minimum absolute atomic E-state index is 0.0408. The second kappa shape index (κ2) is 3.92. The molecule has 0 aliphatic heterocycles.